The van der Waals surface area contributed by atoms with Gasteiger partial charge in [0.15, 0.2) is 0 Å². The molecule has 0 spiro atoms. The fourth-order valence-electron chi connectivity index (χ4n) is 2.60. The first-order valence-corrected chi connectivity index (χ1v) is 7.51. The first-order valence-electron chi connectivity index (χ1n) is 6.72. The molecule has 1 atom stereocenters. The molecule has 1 aliphatic rings. The quantitative estimate of drug-likeness (QED) is 0.895. The average molecular weight is 326 g/mol. The van der Waals surface area contributed by atoms with E-state index in [-0.39, 0.29) is 11.3 Å². The Morgan fingerprint density at radius 1 is 1.63 bits per heavy atom. The third-order valence-electron chi connectivity index (χ3n) is 3.74. The summed E-state index contributed by atoms with van der Waals surface area (Å²) in [6.07, 6.45) is 4.57. The van der Waals surface area contributed by atoms with Crippen LogP contribution in [0.4, 0.5) is 5.82 Å². The van der Waals surface area contributed by atoms with Crippen LogP contribution in [0.1, 0.15) is 31.7 Å². The minimum Gasteiger partial charge on any atom is -0.316 e. The van der Waals surface area contributed by atoms with Crippen LogP contribution < -0.4 is 10.6 Å². The summed E-state index contributed by atoms with van der Waals surface area (Å²) in [5.74, 6) is 0.724. The van der Waals surface area contributed by atoms with Gasteiger partial charge >= 0.3 is 0 Å². The van der Waals surface area contributed by atoms with E-state index >= 15 is 0 Å². The van der Waals surface area contributed by atoms with Gasteiger partial charge in [-0.1, -0.05) is 13.3 Å². The number of nitrogens with one attached hydrogen (secondary N) is 2. The van der Waals surface area contributed by atoms with Crippen molar-refractivity contribution in [1.82, 2.24) is 10.3 Å². The topological polar surface area (TPSA) is 54.0 Å². The molecule has 104 valence electrons. The number of hydrogen-bond acceptors (Lipinski definition) is 3. The second kappa shape index (κ2) is 6.01. The van der Waals surface area contributed by atoms with Crippen LogP contribution >= 0.6 is 15.9 Å². The first kappa shape index (κ1) is 14.5. The van der Waals surface area contributed by atoms with Gasteiger partial charge in [-0.3, -0.25) is 4.79 Å². The Labute approximate surface area is 122 Å². The van der Waals surface area contributed by atoms with Crippen molar-refractivity contribution >= 4 is 27.7 Å². The van der Waals surface area contributed by atoms with Gasteiger partial charge in [0.1, 0.15) is 5.82 Å². The van der Waals surface area contributed by atoms with E-state index in [4.69, 9.17) is 0 Å². The maximum absolute atomic E-state index is 12.5. The maximum atomic E-state index is 12.5. The zero-order valence-corrected chi connectivity index (χ0v) is 13.0. The van der Waals surface area contributed by atoms with Crippen LogP contribution in [-0.2, 0) is 4.79 Å². The lowest BCUT2D eigenvalue weighted by Gasteiger charge is -2.26. The highest BCUT2D eigenvalue weighted by Crippen LogP contribution is 2.32. The molecule has 1 fully saturated rings. The summed E-state index contributed by atoms with van der Waals surface area (Å²) in [5, 5.41) is 6.26. The number of carbonyl (C=O) groups is 1. The van der Waals surface area contributed by atoms with Crippen molar-refractivity contribution in [3.8, 4) is 0 Å². The van der Waals surface area contributed by atoms with Crippen LogP contribution in [0.2, 0.25) is 0 Å². The molecule has 1 aliphatic heterocycles. The van der Waals surface area contributed by atoms with E-state index < -0.39 is 0 Å². The Hall–Kier alpha value is -0.940. The molecule has 1 aromatic heterocycles. The van der Waals surface area contributed by atoms with Gasteiger partial charge < -0.3 is 10.6 Å². The monoisotopic (exact) mass is 325 g/mol. The minimum absolute atomic E-state index is 0.0913. The van der Waals surface area contributed by atoms with E-state index in [1.54, 1.807) is 6.20 Å². The molecule has 1 saturated heterocycles. The standard InChI is InChI=1S/C14H20BrN3O/c1-3-4-14(5-6-16-9-14)13(19)18-12-7-10(2)11(15)8-17-12/h7-8,16H,3-6,9H2,1-2H3,(H,17,18,19). The van der Waals surface area contributed by atoms with Gasteiger partial charge in [0.25, 0.3) is 0 Å². The summed E-state index contributed by atoms with van der Waals surface area (Å²) in [5.41, 5.74) is 0.802. The lowest BCUT2D eigenvalue weighted by atomic mass is 9.81. The van der Waals surface area contributed by atoms with E-state index in [1.807, 2.05) is 13.0 Å². The van der Waals surface area contributed by atoms with Gasteiger partial charge in [-0.05, 0) is 53.9 Å². The summed E-state index contributed by atoms with van der Waals surface area (Å²) < 4.78 is 0.955. The van der Waals surface area contributed by atoms with Gasteiger partial charge in [0.2, 0.25) is 5.91 Å². The zero-order chi connectivity index (χ0) is 13.9. The summed E-state index contributed by atoms with van der Waals surface area (Å²) >= 11 is 3.41. The molecule has 5 heteroatoms. The normalized spacial score (nSPS) is 22.5. The lowest BCUT2D eigenvalue weighted by Crippen LogP contribution is -2.38. The Kier molecular flexibility index (Phi) is 4.58. The largest absolute Gasteiger partial charge is 0.316 e. The van der Waals surface area contributed by atoms with E-state index in [0.29, 0.717) is 5.82 Å². The van der Waals surface area contributed by atoms with E-state index in [2.05, 4.69) is 38.5 Å². The molecule has 1 aromatic rings. The number of aromatic nitrogens is 1. The number of rotatable bonds is 4. The summed E-state index contributed by atoms with van der Waals surface area (Å²) in [4.78, 5) is 16.8. The van der Waals surface area contributed by atoms with E-state index in [9.17, 15) is 4.79 Å². The fraction of sp³-hybridized carbons (Fsp3) is 0.571. The molecule has 0 aromatic carbocycles. The van der Waals surface area contributed by atoms with Crippen LogP contribution in [0.15, 0.2) is 16.7 Å². The predicted octanol–water partition coefficient (Wildman–Crippen LogP) is 2.87. The number of amides is 1. The second-order valence-corrected chi connectivity index (χ2v) is 6.08. The summed E-state index contributed by atoms with van der Waals surface area (Å²) in [6, 6.07) is 1.89. The highest BCUT2D eigenvalue weighted by Gasteiger charge is 2.40. The zero-order valence-electron chi connectivity index (χ0n) is 11.4. The van der Waals surface area contributed by atoms with Crippen molar-refractivity contribution < 1.29 is 4.79 Å². The van der Waals surface area contributed by atoms with Crippen LogP contribution in [0.3, 0.4) is 0 Å². The van der Waals surface area contributed by atoms with E-state index in [1.165, 1.54) is 0 Å². The first-order chi connectivity index (χ1) is 9.07. The van der Waals surface area contributed by atoms with Gasteiger partial charge in [-0.25, -0.2) is 4.98 Å². The lowest BCUT2D eigenvalue weighted by molar-refractivity contribution is -0.125. The molecular formula is C14H20BrN3O. The third-order valence-corrected chi connectivity index (χ3v) is 4.57. The van der Waals surface area contributed by atoms with Crippen molar-refractivity contribution in [1.29, 1.82) is 0 Å². The molecule has 2 rings (SSSR count). The van der Waals surface area contributed by atoms with Crippen LogP contribution in [-0.4, -0.2) is 24.0 Å². The molecule has 0 bridgehead atoms. The fourth-order valence-corrected chi connectivity index (χ4v) is 2.82. The van der Waals surface area contributed by atoms with Gasteiger partial charge in [-0.2, -0.15) is 0 Å². The highest BCUT2D eigenvalue weighted by molar-refractivity contribution is 9.10. The number of aryl methyl sites for hydroxylation is 1. The predicted molar refractivity (Wildman–Crippen MR) is 80.1 cm³/mol. The number of carbonyl (C=O) groups excluding carboxylic acids is 1. The minimum atomic E-state index is -0.266. The van der Waals surface area contributed by atoms with Crippen molar-refractivity contribution in [3.63, 3.8) is 0 Å². The third kappa shape index (κ3) is 3.15. The summed E-state index contributed by atoms with van der Waals surface area (Å²) in [6.45, 7) is 5.79. The van der Waals surface area contributed by atoms with Crippen molar-refractivity contribution in [2.45, 2.75) is 33.1 Å². The number of hydrogen-bond donors (Lipinski definition) is 2. The van der Waals surface area contributed by atoms with Crippen LogP contribution in [0, 0.1) is 12.3 Å². The Balaban J connectivity index is 2.12. The molecule has 4 nitrogen and oxygen atoms in total. The van der Waals surface area contributed by atoms with Gasteiger partial charge in [0, 0.05) is 17.2 Å². The number of pyridine rings is 1. The van der Waals surface area contributed by atoms with Crippen molar-refractivity contribution in [3.05, 3.63) is 22.3 Å². The van der Waals surface area contributed by atoms with Crippen molar-refractivity contribution in [2.24, 2.45) is 5.41 Å². The SMILES string of the molecule is CCCC1(C(=O)Nc2cc(C)c(Br)cn2)CCNC1. The average Bonchev–Trinajstić information content (AvgIpc) is 2.84. The molecular weight excluding hydrogens is 306 g/mol. The van der Waals surface area contributed by atoms with Crippen LogP contribution in [0.5, 0.6) is 0 Å². The molecule has 1 amide bonds. The van der Waals surface area contributed by atoms with E-state index in [0.717, 1.165) is 42.4 Å². The smallest absolute Gasteiger partial charge is 0.233 e. The molecule has 19 heavy (non-hydrogen) atoms. The highest BCUT2D eigenvalue weighted by atomic mass is 79.9. The van der Waals surface area contributed by atoms with Crippen LogP contribution in [0.25, 0.3) is 0 Å². The molecule has 1 unspecified atom stereocenters. The molecule has 0 radical (unpaired) electrons. The number of nitrogens with zero attached hydrogens (tertiary/aromatic N) is 1. The Morgan fingerprint density at radius 2 is 2.42 bits per heavy atom. The Morgan fingerprint density at radius 3 is 3.00 bits per heavy atom. The van der Waals surface area contributed by atoms with Gasteiger partial charge in [0.05, 0.1) is 5.41 Å². The molecule has 2 heterocycles. The molecule has 2 N–H and O–H groups in total. The number of halogens is 1. The van der Waals surface area contributed by atoms with Crippen molar-refractivity contribution in [2.75, 3.05) is 18.4 Å². The molecule has 0 aliphatic carbocycles. The second-order valence-electron chi connectivity index (χ2n) is 5.23. The molecule has 0 saturated carbocycles. The Bertz CT molecular complexity index is 470. The van der Waals surface area contributed by atoms with Gasteiger partial charge in [-0.15, -0.1) is 0 Å². The maximum Gasteiger partial charge on any atom is 0.233 e. The summed E-state index contributed by atoms with van der Waals surface area (Å²) in [7, 11) is 0. The number of anilines is 1.